The van der Waals surface area contributed by atoms with E-state index in [1.165, 1.54) is 28.3 Å². The van der Waals surface area contributed by atoms with Crippen molar-refractivity contribution in [1.29, 1.82) is 0 Å². The molecule has 0 spiro atoms. The van der Waals surface area contributed by atoms with E-state index >= 15 is 0 Å². The van der Waals surface area contributed by atoms with Gasteiger partial charge in [0.25, 0.3) is 0 Å². The van der Waals surface area contributed by atoms with Crippen molar-refractivity contribution in [2.45, 2.75) is 31.2 Å². The highest BCUT2D eigenvalue weighted by atomic mass is 15.0. The van der Waals surface area contributed by atoms with Gasteiger partial charge in [-0.3, -0.25) is 0 Å². The lowest BCUT2D eigenvalue weighted by atomic mass is 9.67. The molecule has 1 N–H and O–H groups in total. The van der Waals surface area contributed by atoms with E-state index in [-0.39, 0.29) is 0 Å². The molecule has 2 atom stereocenters. The number of benzene rings is 4. The van der Waals surface area contributed by atoms with Gasteiger partial charge in [-0.15, -0.1) is 0 Å². The highest BCUT2D eigenvalue weighted by molar-refractivity contribution is 5.86. The van der Waals surface area contributed by atoms with Crippen LogP contribution in [0.5, 0.6) is 0 Å². The first-order valence-electron chi connectivity index (χ1n) is 11.4. The summed E-state index contributed by atoms with van der Waals surface area (Å²) >= 11 is 0. The van der Waals surface area contributed by atoms with Crippen LogP contribution in [-0.2, 0) is 6.54 Å². The van der Waals surface area contributed by atoms with Crippen LogP contribution in [0.2, 0.25) is 0 Å². The molecule has 1 aliphatic rings. The number of fused-ring (bicyclic) bond motifs is 2. The highest BCUT2D eigenvalue weighted by Crippen LogP contribution is 2.51. The fourth-order valence-electron chi connectivity index (χ4n) is 4.96. The fraction of sp³-hybridized carbons (Fsp3) is 0.172. The van der Waals surface area contributed by atoms with Gasteiger partial charge in [0.2, 0.25) is 0 Å². The SMILES string of the molecule is c1ccc(CNc2nc3ccccc3nc2C2CCC2c2cccc3ccccc23)cc1. The Morgan fingerprint density at radius 1 is 0.656 bits per heavy atom. The van der Waals surface area contributed by atoms with Gasteiger partial charge in [0, 0.05) is 12.5 Å². The second-order valence-electron chi connectivity index (χ2n) is 8.64. The summed E-state index contributed by atoms with van der Waals surface area (Å²) in [4.78, 5) is 10.2. The van der Waals surface area contributed by atoms with Crippen LogP contribution in [0.1, 0.15) is 41.5 Å². The Bertz CT molecular complexity index is 1390. The lowest BCUT2D eigenvalue weighted by molar-refractivity contribution is 0.342. The molecule has 0 saturated heterocycles. The van der Waals surface area contributed by atoms with Crippen molar-refractivity contribution in [2.75, 3.05) is 5.32 Å². The summed E-state index contributed by atoms with van der Waals surface area (Å²) in [5.74, 6) is 1.76. The molecule has 0 amide bonds. The standard InChI is InChI=1S/C29H25N3/c1-2-9-20(10-3-1)19-30-29-28(31-26-15-6-7-16-27(26)32-29)25-18-17-24(25)23-14-8-12-21-11-4-5-13-22(21)23/h1-16,24-25H,17-19H2,(H,30,32). The van der Waals surface area contributed by atoms with Crippen LogP contribution in [0, 0.1) is 0 Å². The van der Waals surface area contributed by atoms with Crippen molar-refractivity contribution in [1.82, 2.24) is 9.97 Å². The Balaban J connectivity index is 1.40. The smallest absolute Gasteiger partial charge is 0.149 e. The van der Waals surface area contributed by atoms with Gasteiger partial charge >= 0.3 is 0 Å². The number of aromatic nitrogens is 2. The third kappa shape index (κ3) is 3.40. The van der Waals surface area contributed by atoms with Crippen LogP contribution in [0.4, 0.5) is 5.82 Å². The van der Waals surface area contributed by atoms with Gasteiger partial charge in [-0.05, 0) is 52.8 Å². The van der Waals surface area contributed by atoms with Crippen molar-refractivity contribution < 1.29 is 0 Å². The lowest BCUT2D eigenvalue weighted by Crippen LogP contribution is -2.25. The number of hydrogen-bond acceptors (Lipinski definition) is 3. The Morgan fingerprint density at radius 3 is 2.16 bits per heavy atom. The number of anilines is 1. The summed E-state index contributed by atoms with van der Waals surface area (Å²) < 4.78 is 0. The van der Waals surface area contributed by atoms with Gasteiger partial charge < -0.3 is 5.32 Å². The van der Waals surface area contributed by atoms with Crippen molar-refractivity contribution in [3.8, 4) is 0 Å². The van der Waals surface area contributed by atoms with Gasteiger partial charge in [-0.1, -0.05) is 84.9 Å². The largest absolute Gasteiger partial charge is 0.364 e. The van der Waals surface area contributed by atoms with Gasteiger partial charge in [0.15, 0.2) is 0 Å². The van der Waals surface area contributed by atoms with Crippen LogP contribution < -0.4 is 5.32 Å². The normalized spacial score (nSPS) is 17.9. The molecule has 3 heteroatoms. The summed E-state index contributed by atoms with van der Waals surface area (Å²) in [7, 11) is 0. The van der Waals surface area contributed by atoms with Crippen LogP contribution in [0.15, 0.2) is 97.1 Å². The summed E-state index contributed by atoms with van der Waals surface area (Å²) in [6.45, 7) is 0.743. The average Bonchev–Trinajstić information content (AvgIpc) is 2.83. The maximum Gasteiger partial charge on any atom is 0.149 e. The molecule has 1 heterocycles. The molecule has 4 aromatic carbocycles. The zero-order valence-electron chi connectivity index (χ0n) is 17.9. The van der Waals surface area contributed by atoms with E-state index in [0.29, 0.717) is 11.8 Å². The van der Waals surface area contributed by atoms with Gasteiger partial charge in [0.05, 0.1) is 16.7 Å². The van der Waals surface area contributed by atoms with E-state index < -0.39 is 0 Å². The maximum atomic E-state index is 5.14. The summed E-state index contributed by atoms with van der Waals surface area (Å²) in [5.41, 5.74) is 5.68. The highest BCUT2D eigenvalue weighted by Gasteiger charge is 2.37. The third-order valence-corrected chi connectivity index (χ3v) is 6.75. The Morgan fingerprint density at radius 2 is 1.34 bits per heavy atom. The number of para-hydroxylation sites is 2. The molecular formula is C29H25N3. The molecule has 1 aliphatic carbocycles. The fourth-order valence-corrected chi connectivity index (χ4v) is 4.96. The average molecular weight is 416 g/mol. The topological polar surface area (TPSA) is 37.8 Å². The lowest BCUT2D eigenvalue weighted by Gasteiger charge is -2.38. The molecule has 0 radical (unpaired) electrons. The van der Waals surface area contributed by atoms with E-state index in [0.717, 1.165) is 35.5 Å². The predicted octanol–water partition coefficient (Wildman–Crippen LogP) is 7.06. The number of hydrogen-bond donors (Lipinski definition) is 1. The predicted molar refractivity (Wildman–Crippen MR) is 132 cm³/mol. The molecule has 32 heavy (non-hydrogen) atoms. The molecule has 1 aromatic heterocycles. The first kappa shape index (κ1) is 19.0. The van der Waals surface area contributed by atoms with E-state index in [9.17, 15) is 0 Å². The first-order chi connectivity index (χ1) is 15.9. The Kier molecular flexibility index (Phi) is 4.80. The molecule has 3 nitrogen and oxygen atoms in total. The zero-order chi connectivity index (χ0) is 21.3. The van der Waals surface area contributed by atoms with E-state index in [1.54, 1.807) is 0 Å². The van der Waals surface area contributed by atoms with Crippen molar-refractivity contribution in [3.63, 3.8) is 0 Å². The van der Waals surface area contributed by atoms with Crippen molar-refractivity contribution in [2.24, 2.45) is 0 Å². The molecule has 0 bridgehead atoms. The quantitative estimate of drug-likeness (QED) is 0.334. The maximum absolute atomic E-state index is 5.14. The van der Waals surface area contributed by atoms with Crippen LogP contribution in [-0.4, -0.2) is 9.97 Å². The molecule has 156 valence electrons. The number of nitrogens with zero attached hydrogens (tertiary/aromatic N) is 2. The van der Waals surface area contributed by atoms with Gasteiger partial charge in [0.1, 0.15) is 5.82 Å². The monoisotopic (exact) mass is 415 g/mol. The minimum Gasteiger partial charge on any atom is -0.364 e. The number of nitrogens with one attached hydrogen (secondary N) is 1. The van der Waals surface area contributed by atoms with E-state index in [2.05, 4.69) is 78.1 Å². The van der Waals surface area contributed by atoms with Crippen LogP contribution in [0.3, 0.4) is 0 Å². The zero-order valence-corrected chi connectivity index (χ0v) is 17.9. The van der Waals surface area contributed by atoms with Crippen LogP contribution in [0.25, 0.3) is 21.8 Å². The van der Waals surface area contributed by atoms with Crippen molar-refractivity contribution in [3.05, 3.63) is 114 Å². The molecular weight excluding hydrogens is 390 g/mol. The molecule has 0 aliphatic heterocycles. The minimum atomic E-state index is 0.371. The molecule has 2 unspecified atom stereocenters. The van der Waals surface area contributed by atoms with E-state index in [1.807, 2.05) is 24.3 Å². The Hall–Kier alpha value is -3.72. The summed E-state index contributed by atoms with van der Waals surface area (Å²) in [6, 6.07) is 34.1. The summed E-state index contributed by atoms with van der Waals surface area (Å²) in [5, 5.41) is 6.27. The molecule has 5 aromatic rings. The summed E-state index contributed by atoms with van der Waals surface area (Å²) in [6.07, 6.45) is 2.33. The molecule has 6 rings (SSSR count). The van der Waals surface area contributed by atoms with Crippen molar-refractivity contribution >= 4 is 27.6 Å². The van der Waals surface area contributed by atoms with E-state index in [4.69, 9.17) is 9.97 Å². The molecule has 1 fully saturated rings. The first-order valence-corrected chi connectivity index (χ1v) is 11.4. The second kappa shape index (κ2) is 8.08. The van der Waals surface area contributed by atoms with Crippen LogP contribution >= 0.6 is 0 Å². The Labute approximate surface area is 188 Å². The molecule has 1 saturated carbocycles. The minimum absolute atomic E-state index is 0.371. The van der Waals surface area contributed by atoms with Gasteiger partial charge in [-0.25, -0.2) is 9.97 Å². The number of rotatable bonds is 5. The van der Waals surface area contributed by atoms with Gasteiger partial charge in [-0.2, -0.15) is 0 Å². The second-order valence-corrected chi connectivity index (χ2v) is 8.64. The third-order valence-electron chi connectivity index (χ3n) is 6.75.